The van der Waals surface area contributed by atoms with Crippen LogP contribution in [0.15, 0.2) is 46.3 Å². The SMILES string of the molecule is Cc1c(Cc2ccc3c(c2)N=CN(C)S3(=O)=O)c2cc(F)ccc2n1CC(=O)O. The third-order valence-corrected chi connectivity index (χ3v) is 6.88. The minimum Gasteiger partial charge on any atom is -0.480 e. The lowest BCUT2D eigenvalue weighted by Crippen LogP contribution is -2.27. The molecule has 29 heavy (non-hydrogen) atoms. The predicted octanol–water partition coefficient (Wildman–Crippen LogP) is 3.06. The van der Waals surface area contributed by atoms with Crippen LogP contribution < -0.4 is 0 Å². The number of carboxylic acid groups (broad SMARTS) is 1. The van der Waals surface area contributed by atoms with Gasteiger partial charge in [-0.15, -0.1) is 0 Å². The van der Waals surface area contributed by atoms with E-state index in [0.29, 0.717) is 23.0 Å². The third-order valence-electron chi connectivity index (χ3n) is 5.13. The van der Waals surface area contributed by atoms with E-state index in [-0.39, 0.29) is 11.4 Å². The number of hydrogen-bond donors (Lipinski definition) is 1. The largest absolute Gasteiger partial charge is 0.480 e. The van der Waals surface area contributed by atoms with Crippen LogP contribution in [-0.4, -0.2) is 41.8 Å². The van der Waals surface area contributed by atoms with Crippen molar-refractivity contribution in [3.63, 3.8) is 0 Å². The van der Waals surface area contributed by atoms with Gasteiger partial charge in [-0.3, -0.25) is 9.10 Å². The Balaban J connectivity index is 1.82. The zero-order valence-electron chi connectivity index (χ0n) is 15.8. The molecule has 1 N–H and O–H groups in total. The van der Waals surface area contributed by atoms with Gasteiger partial charge >= 0.3 is 5.97 Å². The number of benzene rings is 2. The normalized spacial score (nSPS) is 14.9. The number of carbonyl (C=O) groups is 1. The summed E-state index contributed by atoms with van der Waals surface area (Å²) in [5, 5.41) is 9.87. The van der Waals surface area contributed by atoms with Crippen molar-refractivity contribution in [2.45, 2.75) is 24.8 Å². The molecule has 0 saturated heterocycles. The lowest BCUT2D eigenvalue weighted by atomic mass is 10.0. The van der Waals surface area contributed by atoms with Gasteiger partial charge in [0.15, 0.2) is 0 Å². The van der Waals surface area contributed by atoms with Crippen molar-refractivity contribution in [3.8, 4) is 0 Å². The van der Waals surface area contributed by atoms with Crippen LogP contribution in [0.25, 0.3) is 10.9 Å². The molecule has 3 aromatic rings. The molecule has 0 atom stereocenters. The lowest BCUT2D eigenvalue weighted by molar-refractivity contribution is -0.137. The van der Waals surface area contributed by atoms with E-state index in [4.69, 9.17) is 0 Å². The van der Waals surface area contributed by atoms with E-state index in [1.807, 2.05) is 0 Å². The molecule has 0 saturated carbocycles. The van der Waals surface area contributed by atoms with E-state index in [9.17, 15) is 22.7 Å². The van der Waals surface area contributed by atoms with E-state index in [2.05, 4.69) is 4.99 Å². The zero-order valence-corrected chi connectivity index (χ0v) is 16.6. The Kier molecular flexibility index (Phi) is 4.42. The number of rotatable bonds is 4. The molecule has 0 spiro atoms. The lowest BCUT2D eigenvalue weighted by Gasteiger charge is -2.20. The van der Waals surface area contributed by atoms with Crippen molar-refractivity contribution in [2.75, 3.05) is 7.05 Å². The summed E-state index contributed by atoms with van der Waals surface area (Å²) >= 11 is 0. The van der Waals surface area contributed by atoms with Crippen LogP contribution in [0.2, 0.25) is 0 Å². The summed E-state index contributed by atoms with van der Waals surface area (Å²) in [6, 6.07) is 9.17. The highest BCUT2D eigenvalue weighted by atomic mass is 32.2. The summed E-state index contributed by atoms with van der Waals surface area (Å²) < 4.78 is 41.3. The minimum atomic E-state index is -3.60. The van der Waals surface area contributed by atoms with Crippen LogP contribution in [-0.2, 0) is 27.8 Å². The number of sulfonamides is 1. The van der Waals surface area contributed by atoms with Gasteiger partial charge in [0, 0.05) is 23.6 Å². The molecule has 150 valence electrons. The molecule has 2 aromatic carbocycles. The van der Waals surface area contributed by atoms with E-state index in [1.165, 1.54) is 31.6 Å². The molecule has 0 amide bonds. The van der Waals surface area contributed by atoms with Crippen LogP contribution in [0.5, 0.6) is 0 Å². The van der Waals surface area contributed by atoms with Gasteiger partial charge in [0.05, 0.1) is 5.69 Å². The molecule has 0 aliphatic carbocycles. The number of carboxylic acids is 1. The highest BCUT2D eigenvalue weighted by molar-refractivity contribution is 7.89. The van der Waals surface area contributed by atoms with Crippen molar-refractivity contribution >= 4 is 38.9 Å². The van der Waals surface area contributed by atoms with E-state index >= 15 is 0 Å². The Bertz CT molecular complexity index is 1290. The van der Waals surface area contributed by atoms with Crippen LogP contribution in [0.3, 0.4) is 0 Å². The molecular weight excluding hydrogens is 397 g/mol. The molecule has 2 heterocycles. The summed E-state index contributed by atoms with van der Waals surface area (Å²) in [6.45, 7) is 1.57. The monoisotopic (exact) mass is 415 g/mol. The van der Waals surface area contributed by atoms with Gasteiger partial charge in [-0.05, 0) is 54.8 Å². The summed E-state index contributed by atoms with van der Waals surface area (Å²) in [6.07, 6.45) is 1.64. The minimum absolute atomic E-state index is 0.127. The Morgan fingerprint density at radius 3 is 2.69 bits per heavy atom. The molecule has 7 nitrogen and oxygen atoms in total. The average molecular weight is 415 g/mol. The fraction of sp³-hybridized carbons (Fsp3) is 0.200. The highest BCUT2D eigenvalue weighted by Crippen LogP contribution is 2.33. The number of halogens is 1. The van der Waals surface area contributed by atoms with Gasteiger partial charge in [-0.25, -0.2) is 17.8 Å². The molecule has 1 aliphatic rings. The maximum Gasteiger partial charge on any atom is 0.323 e. The number of nitrogens with zero attached hydrogens (tertiary/aromatic N) is 3. The topological polar surface area (TPSA) is 92.0 Å². The van der Waals surface area contributed by atoms with Gasteiger partial charge in [0.25, 0.3) is 10.0 Å². The molecule has 0 radical (unpaired) electrons. The van der Waals surface area contributed by atoms with Gasteiger partial charge in [-0.2, -0.15) is 0 Å². The molecule has 0 fully saturated rings. The number of aromatic nitrogens is 1. The first-order valence-corrected chi connectivity index (χ1v) is 10.3. The van der Waals surface area contributed by atoms with Gasteiger partial charge in [0.1, 0.15) is 23.6 Å². The number of aliphatic carboxylic acids is 1. The fourth-order valence-electron chi connectivity index (χ4n) is 3.64. The summed E-state index contributed by atoms with van der Waals surface area (Å²) in [5.41, 5.74) is 3.30. The number of aliphatic imine (C=N–C) groups is 1. The van der Waals surface area contributed by atoms with Crippen LogP contribution >= 0.6 is 0 Å². The average Bonchev–Trinajstić information content (AvgIpc) is 2.90. The van der Waals surface area contributed by atoms with Crippen molar-refractivity contribution in [2.24, 2.45) is 4.99 Å². The van der Waals surface area contributed by atoms with Crippen LogP contribution in [0.1, 0.15) is 16.8 Å². The van der Waals surface area contributed by atoms with Crippen LogP contribution in [0, 0.1) is 12.7 Å². The van der Waals surface area contributed by atoms with Gasteiger partial charge < -0.3 is 9.67 Å². The van der Waals surface area contributed by atoms with Crippen molar-refractivity contribution in [1.82, 2.24) is 8.87 Å². The number of hydrogen-bond acceptors (Lipinski definition) is 4. The molecule has 9 heteroatoms. The highest BCUT2D eigenvalue weighted by Gasteiger charge is 2.26. The third kappa shape index (κ3) is 3.17. The summed E-state index contributed by atoms with van der Waals surface area (Å²) in [5.74, 6) is -1.39. The zero-order chi connectivity index (χ0) is 20.9. The predicted molar refractivity (Wildman–Crippen MR) is 107 cm³/mol. The smallest absolute Gasteiger partial charge is 0.323 e. The van der Waals surface area contributed by atoms with Crippen LogP contribution in [0.4, 0.5) is 10.1 Å². The summed E-state index contributed by atoms with van der Waals surface area (Å²) in [4.78, 5) is 15.6. The summed E-state index contributed by atoms with van der Waals surface area (Å²) in [7, 11) is -2.18. The molecule has 0 bridgehead atoms. The van der Waals surface area contributed by atoms with Crippen molar-refractivity contribution in [1.29, 1.82) is 0 Å². The molecule has 4 rings (SSSR count). The Morgan fingerprint density at radius 1 is 1.21 bits per heavy atom. The molecular formula is C20H18FN3O4S. The van der Waals surface area contributed by atoms with Crippen molar-refractivity contribution < 1.29 is 22.7 Å². The van der Waals surface area contributed by atoms with E-state index in [1.54, 1.807) is 29.7 Å². The Morgan fingerprint density at radius 2 is 1.97 bits per heavy atom. The standard InChI is InChI=1S/C20H18FN3O4S/c1-12-15(16-9-14(21)4-5-18(16)24(12)10-20(25)26)7-13-3-6-19-17(8-13)22-11-23(2)29(19,27)28/h3-6,8-9,11H,7,10H2,1-2H3,(H,25,26). The quantitative estimate of drug-likeness (QED) is 0.709. The Labute approximate surface area is 166 Å². The van der Waals surface area contributed by atoms with Gasteiger partial charge in [-0.1, -0.05) is 6.07 Å². The molecule has 1 aliphatic heterocycles. The molecule has 0 unspecified atom stereocenters. The second-order valence-corrected chi connectivity index (χ2v) is 8.92. The first-order valence-electron chi connectivity index (χ1n) is 8.82. The van der Waals surface area contributed by atoms with E-state index < -0.39 is 21.8 Å². The maximum atomic E-state index is 13.9. The second kappa shape index (κ2) is 6.70. The first kappa shape index (κ1) is 19.1. The second-order valence-electron chi connectivity index (χ2n) is 6.95. The van der Waals surface area contributed by atoms with Gasteiger partial charge in [0.2, 0.25) is 0 Å². The van der Waals surface area contributed by atoms with E-state index in [0.717, 1.165) is 21.1 Å². The maximum absolute atomic E-state index is 13.9. The number of fused-ring (bicyclic) bond motifs is 2. The van der Waals surface area contributed by atoms with Crippen molar-refractivity contribution in [3.05, 3.63) is 59.0 Å². The fourth-order valence-corrected chi connectivity index (χ4v) is 4.74. The molecule has 1 aromatic heterocycles. The first-order chi connectivity index (χ1) is 13.7. The Hall–Kier alpha value is -3.20.